The molecule has 0 aliphatic heterocycles. The van der Waals surface area contributed by atoms with Gasteiger partial charge in [0.2, 0.25) is 5.88 Å². The van der Waals surface area contributed by atoms with Crippen LogP contribution >= 0.6 is 12.2 Å². The first-order valence-corrected chi connectivity index (χ1v) is 6.87. The first-order valence-electron chi connectivity index (χ1n) is 6.47. The fourth-order valence-electron chi connectivity index (χ4n) is 2.26. The number of nitrogens with one attached hydrogen (secondary N) is 1. The second kappa shape index (κ2) is 5.57. The summed E-state index contributed by atoms with van der Waals surface area (Å²) in [5.74, 6) is 1.40. The molecule has 2 heterocycles. The lowest BCUT2D eigenvalue weighted by atomic mass is 10.2. The monoisotopic (exact) mass is 301 g/mol. The Hall–Kier alpha value is -2.34. The zero-order valence-electron chi connectivity index (χ0n) is 11.8. The lowest BCUT2D eigenvalue weighted by molar-refractivity contribution is 0.397. The predicted molar refractivity (Wildman–Crippen MR) is 83.6 cm³/mol. The van der Waals surface area contributed by atoms with Crippen LogP contribution in [0, 0.1) is 4.77 Å². The van der Waals surface area contributed by atoms with Crippen molar-refractivity contribution in [1.82, 2.24) is 14.5 Å². The van der Waals surface area contributed by atoms with Gasteiger partial charge < -0.3 is 19.0 Å². The minimum Gasteiger partial charge on any atom is -0.497 e. The molecule has 0 bridgehead atoms. The van der Waals surface area contributed by atoms with Crippen LogP contribution < -0.4 is 9.47 Å². The van der Waals surface area contributed by atoms with Gasteiger partial charge in [0.15, 0.2) is 4.77 Å². The number of benzene rings is 1. The maximum Gasteiger partial charge on any atom is 0.213 e. The van der Waals surface area contributed by atoms with E-state index in [-0.39, 0.29) is 0 Å². The number of H-pyrrole nitrogens is 1. The van der Waals surface area contributed by atoms with E-state index in [9.17, 15) is 0 Å². The van der Waals surface area contributed by atoms with Crippen LogP contribution in [0.1, 0.15) is 5.56 Å². The Kier molecular flexibility index (Phi) is 3.62. The minimum atomic E-state index is 0.594. The summed E-state index contributed by atoms with van der Waals surface area (Å²) >= 11 is 5.41. The summed E-state index contributed by atoms with van der Waals surface area (Å²) in [4.78, 5) is 7.32. The summed E-state index contributed by atoms with van der Waals surface area (Å²) in [6.07, 6.45) is 1.73. The number of ether oxygens (including phenoxy) is 2. The molecule has 3 rings (SSSR count). The third-order valence-electron chi connectivity index (χ3n) is 3.33. The molecular formula is C15H15N3O2S. The Bertz CT molecular complexity index is 838. The molecule has 0 spiro atoms. The van der Waals surface area contributed by atoms with E-state index < -0.39 is 0 Å². The van der Waals surface area contributed by atoms with E-state index in [1.807, 2.05) is 34.9 Å². The fraction of sp³-hybridized carbons (Fsp3) is 0.200. The summed E-state index contributed by atoms with van der Waals surface area (Å²) in [5.41, 5.74) is 3.07. The second-order valence-corrected chi connectivity index (χ2v) is 4.99. The Morgan fingerprint density at radius 3 is 2.81 bits per heavy atom. The normalized spacial score (nSPS) is 10.8. The molecule has 0 unspecified atom stereocenters. The summed E-state index contributed by atoms with van der Waals surface area (Å²) in [7, 11) is 3.26. The van der Waals surface area contributed by atoms with Gasteiger partial charge in [0.05, 0.1) is 31.8 Å². The largest absolute Gasteiger partial charge is 0.497 e. The molecule has 2 aromatic heterocycles. The highest BCUT2D eigenvalue weighted by Gasteiger charge is 2.07. The third-order valence-corrected chi connectivity index (χ3v) is 3.65. The van der Waals surface area contributed by atoms with Crippen molar-refractivity contribution in [3.63, 3.8) is 0 Å². The van der Waals surface area contributed by atoms with Crippen molar-refractivity contribution < 1.29 is 9.47 Å². The van der Waals surface area contributed by atoms with Crippen LogP contribution in [0.4, 0.5) is 0 Å². The first-order chi connectivity index (χ1) is 10.2. The van der Waals surface area contributed by atoms with E-state index in [4.69, 9.17) is 21.7 Å². The van der Waals surface area contributed by atoms with Gasteiger partial charge in [0.1, 0.15) is 5.75 Å². The lowest BCUT2D eigenvalue weighted by Gasteiger charge is -2.07. The van der Waals surface area contributed by atoms with Crippen molar-refractivity contribution in [3.8, 4) is 11.6 Å². The molecule has 0 radical (unpaired) electrons. The fourth-order valence-corrected chi connectivity index (χ4v) is 2.53. The lowest BCUT2D eigenvalue weighted by Crippen LogP contribution is -2.00. The quantitative estimate of drug-likeness (QED) is 0.752. The Morgan fingerprint density at radius 1 is 1.19 bits per heavy atom. The molecule has 1 N–H and O–H groups in total. The van der Waals surface area contributed by atoms with E-state index in [0.29, 0.717) is 17.2 Å². The highest BCUT2D eigenvalue weighted by molar-refractivity contribution is 7.71. The predicted octanol–water partition coefficient (Wildman–Crippen LogP) is 3.16. The van der Waals surface area contributed by atoms with Gasteiger partial charge >= 0.3 is 0 Å². The van der Waals surface area contributed by atoms with Gasteiger partial charge in [0, 0.05) is 18.3 Å². The topological polar surface area (TPSA) is 52.1 Å². The van der Waals surface area contributed by atoms with Crippen LogP contribution in [0.5, 0.6) is 11.6 Å². The third kappa shape index (κ3) is 2.62. The van der Waals surface area contributed by atoms with Crippen LogP contribution in [-0.2, 0) is 6.54 Å². The zero-order chi connectivity index (χ0) is 14.8. The van der Waals surface area contributed by atoms with Gasteiger partial charge in [-0.3, -0.25) is 0 Å². The molecule has 0 saturated carbocycles. The Labute approximate surface area is 127 Å². The summed E-state index contributed by atoms with van der Waals surface area (Å²) in [6, 6.07) is 9.70. The van der Waals surface area contributed by atoms with E-state index in [2.05, 4.69) is 9.97 Å². The number of hydrogen-bond acceptors (Lipinski definition) is 4. The molecule has 1 aromatic carbocycles. The van der Waals surface area contributed by atoms with Gasteiger partial charge in [-0.05, 0) is 36.0 Å². The van der Waals surface area contributed by atoms with Crippen LogP contribution in [-0.4, -0.2) is 28.8 Å². The zero-order valence-corrected chi connectivity index (χ0v) is 12.6. The van der Waals surface area contributed by atoms with Gasteiger partial charge in [-0.2, -0.15) is 0 Å². The van der Waals surface area contributed by atoms with Gasteiger partial charge in [-0.25, -0.2) is 4.98 Å². The molecular weight excluding hydrogens is 286 g/mol. The number of pyridine rings is 1. The number of rotatable bonds is 4. The summed E-state index contributed by atoms with van der Waals surface area (Å²) in [5, 5.41) is 0. The SMILES string of the molecule is COc1ccc2[nH]c(=S)n(Cc3ccnc(OC)c3)c2c1. The second-order valence-electron chi connectivity index (χ2n) is 4.61. The molecule has 0 aliphatic rings. The standard InChI is InChI=1S/C15H15N3O2S/c1-19-11-3-4-12-13(8-11)18(15(21)17-12)9-10-5-6-16-14(7-10)20-2/h3-8H,9H2,1-2H3,(H,17,21). The van der Waals surface area contributed by atoms with Gasteiger partial charge in [-0.15, -0.1) is 0 Å². The van der Waals surface area contributed by atoms with Crippen molar-refractivity contribution in [2.45, 2.75) is 6.54 Å². The minimum absolute atomic E-state index is 0.594. The van der Waals surface area contributed by atoms with Crippen molar-refractivity contribution in [2.24, 2.45) is 0 Å². The van der Waals surface area contributed by atoms with Crippen molar-refractivity contribution >= 4 is 23.3 Å². The average Bonchev–Trinajstić information content (AvgIpc) is 2.82. The van der Waals surface area contributed by atoms with Crippen molar-refractivity contribution in [3.05, 3.63) is 46.9 Å². The van der Waals surface area contributed by atoms with E-state index >= 15 is 0 Å². The average molecular weight is 301 g/mol. The van der Waals surface area contributed by atoms with Gasteiger partial charge in [-0.1, -0.05) is 0 Å². The summed E-state index contributed by atoms with van der Waals surface area (Å²) in [6.45, 7) is 0.644. The summed E-state index contributed by atoms with van der Waals surface area (Å²) < 4.78 is 13.1. The number of aromatic amines is 1. The highest BCUT2D eigenvalue weighted by Crippen LogP contribution is 2.22. The van der Waals surface area contributed by atoms with Crippen LogP contribution in [0.15, 0.2) is 36.5 Å². The number of fused-ring (bicyclic) bond motifs is 1. The molecule has 3 aromatic rings. The number of imidazole rings is 1. The number of hydrogen-bond donors (Lipinski definition) is 1. The van der Waals surface area contributed by atoms with E-state index in [1.165, 1.54) is 0 Å². The smallest absolute Gasteiger partial charge is 0.213 e. The molecule has 6 heteroatoms. The van der Waals surface area contributed by atoms with Crippen molar-refractivity contribution in [1.29, 1.82) is 0 Å². The highest BCUT2D eigenvalue weighted by atomic mass is 32.1. The molecule has 5 nitrogen and oxygen atoms in total. The number of aromatic nitrogens is 3. The van der Waals surface area contributed by atoms with Gasteiger partial charge in [0.25, 0.3) is 0 Å². The van der Waals surface area contributed by atoms with Crippen molar-refractivity contribution in [2.75, 3.05) is 14.2 Å². The maximum atomic E-state index is 5.41. The molecule has 0 atom stereocenters. The Balaban J connectivity index is 2.06. The van der Waals surface area contributed by atoms with E-state index in [0.717, 1.165) is 22.3 Å². The Morgan fingerprint density at radius 2 is 2.05 bits per heavy atom. The maximum absolute atomic E-state index is 5.41. The number of methoxy groups -OCH3 is 2. The van der Waals surface area contributed by atoms with Crippen LogP contribution in [0.3, 0.4) is 0 Å². The molecule has 0 amide bonds. The molecule has 108 valence electrons. The molecule has 0 saturated heterocycles. The van der Waals surface area contributed by atoms with Crippen LogP contribution in [0.2, 0.25) is 0 Å². The molecule has 0 aliphatic carbocycles. The van der Waals surface area contributed by atoms with E-state index in [1.54, 1.807) is 20.4 Å². The first kappa shape index (κ1) is 13.6. The molecule has 21 heavy (non-hydrogen) atoms. The molecule has 0 fully saturated rings. The number of nitrogens with zero attached hydrogens (tertiary/aromatic N) is 2. The van der Waals surface area contributed by atoms with Crippen LogP contribution in [0.25, 0.3) is 11.0 Å².